The number of carbonyl (C=O) groups is 3. The van der Waals surface area contributed by atoms with Gasteiger partial charge in [-0.1, -0.05) is 62.1 Å². The van der Waals surface area contributed by atoms with Crippen LogP contribution in [0.15, 0.2) is 65.3 Å². The number of nitrogens with zero attached hydrogens (tertiary/aromatic N) is 1. The number of benzene rings is 2. The summed E-state index contributed by atoms with van der Waals surface area (Å²) in [6.45, 7) is 2.61. The van der Waals surface area contributed by atoms with Crippen molar-refractivity contribution in [3.63, 3.8) is 0 Å². The number of halogens is 1. The molecule has 0 spiro atoms. The molecule has 212 valence electrons. The summed E-state index contributed by atoms with van der Waals surface area (Å²) in [6, 6.07) is 15.3. The van der Waals surface area contributed by atoms with Gasteiger partial charge in [0, 0.05) is 35.9 Å². The van der Waals surface area contributed by atoms with Gasteiger partial charge in [0.15, 0.2) is 0 Å². The lowest BCUT2D eigenvalue weighted by atomic mass is 9.82. The van der Waals surface area contributed by atoms with Gasteiger partial charge < -0.3 is 14.6 Å². The molecule has 40 heavy (non-hydrogen) atoms. The van der Waals surface area contributed by atoms with Gasteiger partial charge in [0.1, 0.15) is 17.2 Å². The zero-order valence-corrected chi connectivity index (χ0v) is 22.6. The zero-order valence-electron chi connectivity index (χ0n) is 22.6. The van der Waals surface area contributed by atoms with E-state index in [4.69, 9.17) is 24.2 Å². The van der Waals surface area contributed by atoms with Gasteiger partial charge in [0.05, 0.1) is 6.26 Å². The summed E-state index contributed by atoms with van der Waals surface area (Å²) >= 11 is 0. The lowest BCUT2D eigenvalue weighted by molar-refractivity contribution is -0.159. The Balaban J connectivity index is 0.000000557. The van der Waals surface area contributed by atoms with Crippen LogP contribution in [0.2, 0.25) is 0 Å². The molecule has 0 bridgehead atoms. The first kappa shape index (κ1) is 29.2. The largest absolute Gasteiger partial charge is 0.473 e. The number of hydrogen-bond donors (Lipinski definition) is 2. The molecule has 2 aliphatic rings. The number of carbonyl (C=O) groups excluding carboxylic acids is 1. The lowest BCUT2D eigenvalue weighted by Gasteiger charge is -2.29. The Morgan fingerprint density at radius 2 is 1.68 bits per heavy atom. The first-order valence-electron chi connectivity index (χ1n) is 14.0. The van der Waals surface area contributed by atoms with Gasteiger partial charge in [-0.3, -0.25) is 9.69 Å². The molecule has 0 radical (unpaired) electrons. The van der Waals surface area contributed by atoms with Crippen molar-refractivity contribution in [2.24, 2.45) is 5.92 Å². The van der Waals surface area contributed by atoms with E-state index in [-0.39, 0.29) is 17.7 Å². The summed E-state index contributed by atoms with van der Waals surface area (Å²) in [7, 11) is 0. The third-order valence-corrected chi connectivity index (χ3v) is 7.88. The van der Waals surface area contributed by atoms with Crippen molar-refractivity contribution in [1.82, 2.24) is 4.90 Å². The zero-order chi connectivity index (χ0) is 28.5. The van der Waals surface area contributed by atoms with Gasteiger partial charge in [-0.2, -0.15) is 0 Å². The molecule has 3 aromatic rings. The second-order valence-electron chi connectivity index (χ2n) is 10.5. The van der Waals surface area contributed by atoms with Crippen LogP contribution in [0.1, 0.15) is 68.4 Å². The Hall–Kier alpha value is -3.78. The van der Waals surface area contributed by atoms with Gasteiger partial charge in [0.25, 0.3) is 0 Å². The lowest BCUT2D eigenvalue weighted by Crippen LogP contribution is -2.32. The fourth-order valence-corrected chi connectivity index (χ4v) is 5.76. The van der Waals surface area contributed by atoms with Crippen LogP contribution in [0.4, 0.5) is 4.39 Å². The minimum Gasteiger partial charge on any atom is -0.473 e. The molecule has 1 aromatic heterocycles. The second-order valence-corrected chi connectivity index (χ2v) is 10.5. The molecule has 8 heteroatoms. The molecule has 1 aliphatic heterocycles. The minimum atomic E-state index is -1.82. The van der Waals surface area contributed by atoms with Crippen molar-refractivity contribution in [3.05, 3.63) is 77.8 Å². The normalized spacial score (nSPS) is 17.3. The van der Waals surface area contributed by atoms with Crippen molar-refractivity contribution >= 4 is 34.3 Å². The third kappa shape index (κ3) is 7.66. The molecule has 1 unspecified atom stereocenters. The highest BCUT2D eigenvalue weighted by molar-refractivity contribution is 6.27. The first-order chi connectivity index (χ1) is 19.3. The van der Waals surface area contributed by atoms with Crippen LogP contribution >= 0.6 is 0 Å². The fourth-order valence-electron chi connectivity index (χ4n) is 5.76. The Morgan fingerprint density at radius 3 is 2.30 bits per heavy atom. The molecular weight excluding hydrogens is 513 g/mol. The molecule has 2 N–H and O–H groups in total. The number of furan rings is 1. The molecule has 7 nitrogen and oxygen atoms in total. The maximum atomic E-state index is 14.1. The highest BCUT2D eigenvalue weighted by atomic mass is 19.1. The standard InChI is InChI=1S/C30H34FNO2.C2H2O4/c31-26-20-25-15-19-34-30(25)28(21-26)23-12-16-32(17-13-23)18-14-27(22-8-6-3-7-9-22)29(33)24-10-4-1-2-5-11-24;3-1(4)2(5)6/h3,6-9,12,15,19-21,24,27H,1-2,4-5,10-11,13-14,16-18H2;(H,3,4)(H,5,6). The number of carboxylic acid groups (broad SMARTS) is 2. The van der Waals surface area contributed by atoms with E-state index in [1.165, 1.54) is 31.7 Å². The van der Waals surface area contributed by atoms with E-state index in [1.54, 1.807) is 12.3 Å². The van der Waals surface area contributed by atoms with Gasteiger partial charge in [0.2, 0.25) is 0 Å². The van der Waals surface area contributed by atoms with Gasteiger partial charge >= 0.3 is 11.9 Å². The van der Waals surface area contributed by atoms with Crippen LogP contribution in [0.25, 0.3) is 16.5 Å². The van der Waals surface area contributed by atoms with Crippen LogP contribution < -0.4 is 0 Å². The maximum absolute atomic E-state index is 14.1. The second kappa shape index (κ2) is 14.0. The number of hydrogen-bond acceptors (Lipinski definition) is 5. The number of Topliss-reactive ketones (excluding diaryl/α,β-unsaturated/α-hetero) is 1. The Labute approximate surface area is 233 Å². The number of aliphatic carboxylic acids is 2. The highest BCUT2D eigenvalue weighted by Gasteiger charge is 2.29. The monoisotopic (exact) mass is 549 g/mol. The molecule has 2 heterocycles. The summed E-state index contributed by atoms with van der Waals surface area (Å²) in [5.74, 6) is -3.24. The van der Waals surface area contributed by atoms with Crippen LogP contribution in [-0.4, -0.2) is 52.5 Å². The first-order valence-corrected chi connectivity index (χ1v) is 14.0. The predicted molar refractivity (Wildman–Crippen MR) is 150 cm³/mol. The summed E-state index contributed by atoms with van der Waals surface area (Å²) in [5, 5.41) is 15.6. The smallest absolute Gasteiger partial charge is 0.414 e. The molecule has 1 aliphatic carbocycles. The molecule has 2 aromatic carbocycles. The van der Waals surface area contributed by atoms with E-state index < -0.39 is 11.9 Å². The summed E-state index contributed by atoms with van der Waals surface area (Å²) in [6.07, 6.45) is 12.5. The van der Waals surface area contributed by atoms with Crippen molar-refractivity contribution in [3.8, 4) is 0 Å². The van der Waals surface area contributed by atoms with Crippen LogP contribution in [0.5, 0.6) is 0 Å². The molecule has 5 rings (SSSR count). The average Bonchev–Trinajstić information content (AvgIpc) is 3.26. The molecule has 1 saturated carbocycles. The topological polar surface area (TPSA) is 108 Å². The van der Waals surface area contributed by atoms with E-state index in [0.717, 1.165) is 73.0 Å². The van der Waals surface area contributed by atoms with Crippen LogP contribution in [0, 0.1) is 11.7 Å². The van der Waals surface area contributed by atoms with E-state index in [9.17, 15) is 9.18 Å². The summed E-state index contributed by atoms with van der Waals surface area (Å²) < 4.78 is 19.8. The van der Waals surface area contributed by atoms with E-state index in [0.29, 0.717) is 5.78 Å². The van der Waals surface area contributed by atoms with Crippen molar-refractivity contribution in [2.45, 2.75) is 57.3 Å². The van der Waals surface area contributed by atoms with Gasteiger partial charge in [-0.25, -0.2) is 14.0 Å². The van der Waals surface area contributed by atoms with Crippen molar-refractivity contribution < 1.29 is 33.4 Å². The number of ketones is 1. The molecular formula is C32H36FNO6. The van der Waals surface area contributed by atoms with Crippen LogP contribution in [-0.2, 0) is 14.4 Å². The van der Waals surface area contributed by atoms with Crippen LogP contribution in [0.3, 0.4) is 0 Å². The molecule has 1 atom stereocenters. The predicted octanol–water partition coefficient (Wildman–Crippen LogP) is 6.53. The van der Waals surface area contributed by atoms with Crippen molar-refractivity contribution in [1.29, 1.82) is 0 Å². The highest BCUT2D eigenvalue weighted by Crippen LogP contribution is 2.33. The number of rotatable bonds is 7. The average molecular weight is 550 g/mol. The fraction of sp³-hybridized carbons (Fsp3) is 0.406. The Kier molecular flexibility index (Phi) is 10.2. The molecule has 0 amide bonds. The summed E-state index contributed by atoms with van der Waals surface area (Å²) in [5.41, 5.74) is 3.93. The molecule has 1 fully saturated rings. The van der Waals surface area contributed by atoms with E-state index in [1.807, 2.05) is 24.3 Å². The van der Waals surface area contributed by atoms with E-state index >= 15 is 0 Å². The summed E-state index contributed by atoms with van der Waals surface area (Å²) in [4.78, 5) is 34.2. The third-order valence-electron chi connectivity index (χ3n) is 7.88. The number of carboxylic acids is 2. The molecule has 0 saturated heterocycles. The van der Waals surface area contributed by atoms with Gasteiger partial charge in [-0.15, -0.1) is 0 Å². The Bertz CT molecular complexity index is 1330. The number of fused-ring (bicyclic) bond motifs is 1. The maximum Gasteiger partial charge on any atom is 0.414 e. The Morgan fingerprint density at radius 1 is 0.975 bits per heavy atom. The SMILES string of the molecule is O=C(C1CCCCCC1)C(CCN1CC=C(c2cc(F)cc3ccoc23)CC1)c1ccccc1.O=C(O)C(=O)O. The van der Waals surface area contributed by atoms with Gasteiger partial charge in [-0.05, 0) is 61.6 Å². The van der Waals surface area contributed by atoms with E-state index in [2.05, 4.69) is 23.1 Å². The van der Waals surface area contributed by atoms with Crippen molar-refractivity contribution in [2.75, 3.05) is 19.6 Å². The quantitative estimate of drug-likeness (QED) is 0.255. The minimum absolute atomic E-state index is 0.0272.